The van der Waals surface area contributed by atoms with E-state index in [1.165, 1.54) is 11.8 Å². The summed E-state index contributed by atoms with van der Waals surface area (Å²) < 4.78 is 7.83. The molecule has 0 radical (unpaired) electrons. The quantitative estimate of drug-likeness (QED) is 0.175. The summed E-state index contributed by atoms with van der Waals surface area (Å²) in [7, 11) is 3.39. The third kappa shape index (κ3) is 6.46. The Morgan fingerprint density at radius 2 is 1.70 bits per heavy atom. The second-order valence-electron chi connectivity index (χ2n) is 10.4. The van der Waals surface area contributed by atoms with Crippen molar-refractivity contribution in [1.29, 1.82) is 0 Å². The number of hydrogen-bond donors (Lipinski definition) is 1. The molecule has 2 heterocycles. The monoisotopic (exact) mass is 628 g/mol. The lowest BCUT2D eigenvalue weighted by molar-refractivity contribution is -0.118. The lowest BCUT2D eigenvalue weighted by Crippen LogP contribution is -2.29. The molecule has 5 aromatic rings. The Bertz CT molecular complexity index is 1900. The Balaban J connectivity index is 1.31. The first-order valence-corrected chi connectivity index (χ1v) is 14.6. The molecule has 2 amide bonds. The maximum atomic E-state index is 13.4. The van der Waals surface area contributed by atoms with Gasteiger partial charge in [0.2, 0.25) is 17.6 Å². The molecule has 0 unspecified atom stereocenters. The summed E-state index contributed by atoms with van der Waals surface area (Å²) in [4.78, 5) is 43.9. The van der Waals surface area contributed by atoms with Crippen LogP contribution in [0.15, 0.2) is 78.9 Å². The summed E-state index contributed by atoms with van der Waals surface area (Å²) in [6.07, 6.45) is 0.0353. The van der Waals surface area contributed by atoms with Crippen LogP contribution in [0.4, 0.5) is 11.4 Å². The number of benzene rings is 3. The molecule has 10 heteroatoms. The standard InChI is InChI=1S/C34H30Cl2N4O4/c1-20-8-9-22-6-5-7-30(33(22)37-20)44-19-26-27(35)15-17-28(32(26)36)40(4)31(42)18-25-14-16-29(39(25)3)34(43)23-10-12-24(13-11-23)38-21(2)41/h5-17H,18-19H2,1-4H3,(H,38,41). The summed E-state index contributed by atoms with van der Waals surface area (Å²) in [5, 5.41) is 4.36. The first kappa shape index (κ1) is 30.8. The molecule has 5 rings (SSSR count). The zero-order chi connectivity index (χ0) is 31.5. The smallest absolute Gasteiger partial charge is 0.232 e. The van der Waals surface area contributed by atoms with Gasteiger partial charge in [0.1, 0.15) is 17.9 Å². The van der Waals surface area contributed by atoms with E-state index in [0.29, 0.717) is 49.7 Å². The predicted molar refractivity (Wildman–Crippen MR) is 174 cm³/mol. The van der Waals surface area contributed by atoms with Gasteiger partial charge < -0.3 is 19.5 Å². The highest BCUT2D eigenvalue weighted by Crippen LogP contribution is 2.35. The van der Waals surface area contributed by atoms with Gasteiger partial charge in [0.15, 0.2) is 0 Å². The van der Waals surface area contributed by atoms with Crippen LogP contribution in [0.3, 0.4) is 0 Å². The highest BCUT2D eigenvalue weighted by Gasteiger charge is 2.22. The van der Waals surface area contributed by atoms with Crippen molar-refractivity contribution in [2.45, 2.75) is 26.9 Å². The number of pyridine rings is 1. The molecule has 0 aliphatic carbocycles. The molecule has 8 nitrogen and oxygen atoms in total. The molecule has 2 aromatic heterocycles. The highest BCUT2D eigenvalue weighted by molar-refractivity contribution is 6.38. The molecular formula is C34H30Cl2N4O4. The van der Waals surface area contributed by atoms with Crippen molar-refractivity contribution >= 4 is 63.1 Å². The van der Waals surface area contributed by atoms with Crippen molar-refractivity contribution in [2.75, 3.05) is 17.3 Å². The Hall–Kier alpha value is -4.66. The van der Waals surface area contributed by atoms with E-state index in [0.717, 1.165) is 16.6 Å². The molecule has 44 heavy (non-hydrogen) atoms. The Morgan fingerprint density at radius 1 is 0.955 bits per heavy atom. The third-order valence-corrected chi connectivity index (χ3v) is 8.13. The number of hydrogen-bond acceptors (Lipinski definition) is 5. The van der Waals surface area contributed by atoms with Crippen LogP contribution in [-0.4, -0.2) is 34.2 Å². The van der Waals surface area contributed by atoms with Gasteiger partial charge in [-0.1, -0.05) is 41.4 Å². The minimum Gasteiger partial charge on any atom is -0.487 e. The van der Waals surface area contributed by atoms with Crippen LogP contribution < -0.4 is 15.0 Å². The number of ketones is 1. The number of anilines is 2. The molecule has 0 fully saturated rings. The van der Waals surface area contributed by atoms with Crippen LogP contribution in [0.2, 0.25) is 10.0 Å². The molecule has 1 N–H and O–H groups in total. The first-order valence-electron chi connectivity index (χ1n) is 13.8. The second-order valence-corrected chi connectivity index (χ2v) is 11.2. The van der Waals surface area contributed by atoms with E-state index < -0.39 is 0 Å². The van der Waals surface area contributed by atoms with Crippen molar-refractivity contribution in [3.8, 4) is 5.75 Å². The lowest BCUT2D eigenvalue weighted by atomic mass is 10.1. The lowest BCUT2D eigenvalue weighted by Gasteiger charge is -2.21. The minimum absolute atomic E-state index is 0.0353. The number of fused-ring (bicyclic) bond motifs is 1. The van der Waals surface area contributed by atoms with Gasteiger partial charge in [-0.05, 0) is 67.6 Å². The molecule has 0 aliphatic rings. The summed E-state index contributed by atoms with van der Waals surface area (Å²) in [6.45, 7) is 3.42. The van der Waals surface area contributed by atoms with E-state index in [4.69, 9.17) is 27.9 Å². The number of nitrogens with zero attached hydrogens (tertiary/aromatic N) is 3. The number of likely N-dealkylation sites (N-methyl/N-ethyl adjacent to an activating group) is 1. The SMILES string of the molecule is CC(=O)Nc1ccc(C(=O)c2ccc(CC(=O)N(C)c3ccc(Cl)c(COc4cccc5ccc(C)nc45)c3Cl)n2C)cc1. The normalized spacial score (nSPS) is 11.0. The molecule has 0 aliphatic heterocycles. The summed E-state index contributed by atoms with van der Waals surface area (Å²) in [5.41, 5.74) is 4.81. The number of aryl methyl sites for hydroxylation is 1. The number of nitrogens with one attached hydrogen (secondary N) is 1. The number of rotatable bonds is 9. The van der Waals surface area contributed by atoms with E-state index in [9.17, 15) is 14.4 Å². The van der Waals surface area contributed by atoms with Crippen LogP contribution in [0, 0.1) is 6.92 Å². The van der Waals surface area contributed by atoms with Gasteiger partial charge in [0.05, 0.1) is 22.8 Å². The number of ether oxygens (including phenoxy) is 1. The fourth-order valence-corrected chi connectivity index (χ4v) is 5.49. The van der Waals surface area contributed by atoms with E-state index in [1.807, 2.05) is 37.3 Å². The maximum Gasteiger partial charge on any atom is 0.232 e. The minimum atomic E-state index is -0.227. The zero-order valence-electron chi connectivity index (χ0n) is 24.7. The van der Waals surface area contributed by atoms with Crippen molar-refractivity contribution in [2.24, 2.45) is 7.05 Å². The summed E-state index contributed by atoms with van der Waals surface area (Å²) in [5.74, 6) is -0.0137. The largest absolute Gasteiger partial charge is 0.487 e. The fourth-order valence-electron chi connectivity index (χ4n) is 4.88. The van der Waals surface area contributed by atoms with Gasteiger partial charge in [0, 0.05) is 59.6 Å². The Morgan fingerprint density at radius 3 is 2.43 bits per heavy atom. The van der Waals surface area contributed by atoms with Crippen molar-refractivity contribution in [3.05, 3.63) is 117 Å². The Kier molecular flexibility index (Phi) is 9.04. The molecule has 0 spiro atoms. The van der Waals surface area contributed by atoms with Gasteiger partial charge in [0.25, 0.3) is 0 Å². The second kappa shape index (κ2) is 12.9. The predicted octanol–water partition coefficient (Wildman–Crippen LogP) is 7.16. The van der Waals surface area contributed by atoms with E-state index in [2.05, 4.69) is 10.3 Å². The third-order valence-electron chi connectivity index (χ3n) is 7.35. The Labute approximate surface area is 265 Å². The number of halogens is 2. The van der Waals surface area contributed by atoms with Gasteiger partial charge in [-0.3, -0.25) is 14.4 Å². The number of carbonyl (C=O) groups is 3. The number of aromatic nitrogens is 2. The van der Waals surface area contributed by atoms with Crippen LogP contribution in [0.5, 0.6) is 5.75 Å². The van der Waals surface area contributed by atoms with E-state index in [1.54, 1.807) is 67.2 Å². The molecule has 0 saturated heterocycles. The molecule has 0 bridgehead atoms. The van der Waals surface area contributed by atoms with E-state index in [-0.39, 0.29) is 30.6 Å². The van der Waals surface area contributed by atoms with Crippen molar-refractivity contribution in [3.63, 3.8) is 0 Å². The average molecular weight is 630 g/mol. The van der Waals surface area contributed by atoms with Gasteiger partial charge in [-0.2, -0.15) is 0 Å². The van der Waals surface area contributed by atoms with Crippen LogP contribution in [-0.2, 0) is 29.7 Å². The first-order chi connectivity index (χ1) is 21.0. The van der Waals surface area contributed by atoms with Crippen molar-refractivity contribution in [1.82, 2.24) is 9.55 Å². The topological polar surface area (TPSA) is 93.5 Å². The number of amides is 2. The van der Waals surface area contributed by atoms with Crippen LogP contribution >= 0.6 is 23.2 Å². The van der Waals surface area contributed by atoms with Gasteiger partial charge in [-0.25, -0.2) is 4.98 Å². The van der Waals surface area contributed by atoms with Gasteiger partial charge >= 0.3 is 0 Å². The molecular weight excluding hydrogens is 599 g/mol. The average Bonchev–Trinajstić information content (AvgIpc) is 3.35. The van der Waals surface area contributed by atoms with Crippen LogP contribution in [0.25, 0.3) is 10.9 Å². The molecule has 3 aromatic carbocycles. The summed E-state index contributed by atoms with van der Waals surface area (Å²) in [6, 6.07) is 23.1. The van der Waals surface area contributed by atoms with Gasteiger partial charge in [-0.15, -0.1) is 0 Å². The highest BCUT2D eigenvalue weighted by atomic mass is 35.5. The number of para-hydroxylation sites is 1. The van der Waals surface area contributed by atoms with Crippen molar-refractivity contribution < 1.29 is 19.1 Å². The molecule has 224 valence electrons. The fraction of sp³-hybridized carbons (Fsp3) is 0.176. The van der Waals surface area contributed by atoms with E-state index >= 15 is 0 Å². The maximum absolute atomic E-state index is 13.4. The molecule has 0 saturated carbocycles. The zero-order valence-corrected chi connectivity index (χ0v) is 26.2. The number of carbonyl (C=O) groups excluding carboxylic acids is 3. The summed E-state index contributed by atoms with van der Waals surface area (Å²) >= 11 is 13.3. The molecule has 0 atom stereocenters. The van der Waals surface area contributed by atoms with Crippen LogP contribution in [0.1, 0.15) is 39.9 Å².